The van der Waals surface area contributed by atoms with Crippen LogP contribution in [0.1, 0.15) is 45.9 Å². The van der Waals surface area contributed by atoms with Crippen molar-refractivity contribution in [3.8, 4) is 0 Å². The molecule has 0 atom stereocenters. The van der Waals surface area contributed by atoms with E-state index in [4.69, 9.17) is 0 Å². The molecule has 2 N–H and O–H groups in total. The molecule has 0 saturated heterocycles. The summed E-state index contributed by atoms with van der Waals surface area (Å²) >= 11 is 0. The Hall–Kier alpha value is -1.78. The van der Waals surface area contributed by atoms with Gasteiger partial charge in [0.1, 0.15) is 5.82 Å². The summed E-state index contributed by atoms with van der Waals surface area (Å²) in [6, 6.07) is 1.65. The first-order chi connectivity index (χ1) is 9.54. The topological polar surface area (TPSA) is 63.1 Å². The highest BCUT2D eigenvalue weighted by Gasteiger charge is 2.13. The first kappa shape index (κ1) is 18.2. The van der Waals surface area contributed by atoms with E-state index in [2.05, 4.69) is 15.2 Å². The molecular formula is C15H27N3O2. The van der Waals surface area contributed by atoms with Crippen LogP contribution >= 0.6 is 0 Å². The first-order valence-corrected chi connectivity index (χ1v) is 7.22. The lowest BCUT2D eigenvalue weighted by Crippen LogP contribution is -2.27. The smallest absolute Gasteiger partial charge is 0.217 e. The van der Waals surface area contributed by atoms with E-state index >= 15 is 0 Å². The van der Waals surface area contributed by atoms with Crippen molar-refractivity contribution in [1.29, 1.82) is 0 Å². The fourth-order valence-electron chi connectivity index (χ4n) is 2.06. The maximum absolute atomic E-state index is 12.1. The van der Waals surface area contributed by atoms with Gasteiger partial charge in [-0.2, -0.15) is 0 Å². The molecule has 1 rings (SSSR count). The lowest BCUT2D eigenvalue weighted by Gasteiger charge is -2.19. The Labute approximate surface area is 121 Å². The van der Waals surface area contributed by atoms with Gasteiger partial charge in [0.25, 0.3) is 0 Å². The Morgan fingerprint density at radius 3 is 2.30 bits per heavy atom. The molecule has 0 aliphatic heterocycles. The highest BCUT2D eigenvalue weighted by atomic mass is 16.1. The van der Waals surface area contributed by atoms with E-state index in [1.807, 2.05) is 27.7 Å². The maximum Gasteiger partial charge on any atom is 0.217 e. The monoisotopic (exact) mass is 281 g/mol. The molecule has 20 heavy (non-hydrogen) atoms. The third-order valence-corrected chi connectivity index (χ3v) is 2.93. The Balaban J connectivity index is 0.00000172. The molecule has 0 aromatic carbocycles. The highest BCUT2D eigenvalue weighted by Crippen LogP contribution is 2.15. The summed E-state index contributed by atoms with van der Waals surface area (Å²) in [5.41, 5.74) is 1.57. The molecule has 5 heteroatoms. The van der Waals surface area contributed by atoms with Gasteiger partial charge in [0.05, 0.1) is 12.1 Å². The molecule has 0 aliphatic rings. The van der Waals surface area contributed by atoms with Crippen LogP contribution in [0.4, 0.5) is 5.82 Å². The van der Waals surface area contributed by atoms with Crippen molar-refractivity contribution in [3.05, 3.63) is 27.5 Å². The molecule has 1 amide bonds. The minimum Gasteiger partial charge on any atom is -0.374 e. The number of aromatic nitrogens is 1. The summed E-state index contributed by atoms with van der Waals surface area (Å²) in [4.78, 5) is 23.0. The van der Waals surface area contributed by atoms with Gasteiger partial charge in [-0.1, -0.05) is 20.8 Å². The number of carbonyl (C=O) groups is 1. The van der Waals surface area contributed by atoms with Crippen molar-refractivity contribution in [1.82, 2.24) is 9.88 Å². The van der Waals surface area contributed by atoms with Crippen LogP contribution in [0.15, 0.2) is 10.9 Å². The van der Waals surface area contributed by atoms with Crippen LogP contribution < -0.4 is 16.1 Å². The van der Waals surface area contributed by atoms with Gasteiger partial charge in [-0.15, -0.1) is 0 Å². The number of pyridine rings is 1. The van der Waals surface area contributed by atoms with Crippen molar-refractivity contribution < 1.29 is 4.79 Å². The van der Waals surface area contributed by atoms with Gasteiger partial charge in [0.15, 0.2) is 5.43 Å². The predicted octanol–water partition coefficient (Wildman–Crippen LogP) is 2.13. The number of nitrogens with zero attached hydrogens (tertiary/aromatic N) is 1. The van der Waals surface area contributed by atoms with Crippen molar-refractivity contribution in [3.63, 3.8) is 0 Å². The summed E-state index contributed by atoms with van der Waals surface area (Å²) in [6.07, 6.45) is 0.804. The zero-order valence-corrected chi connectivity index (χ0v) is 13.5. The lowest BCUT2D eigenvalue weighted by atomic mass is 10.1. The van der Waals surface area contributed by atoms with E-state index in [9.17, 15) is 9.59 Å². The molecule has 0 fully saturated rings. The summed E-state index contributed by atoms with van der Waals surface area (Å²) in [7, 11) is 1.79. The van der Waals surface area contributed by atoms with E-state index in [0.29, 0.717) is 5.56 Å². The van der Waals surface area contributed by atoms with E-state index in [-0.39, 0.29) is 17.9 Å². The second kappa shape index (κ2) is 9.18. The van der Waals surface area contributed by atoms with Crippen molar-refractivity contribution >= 4 is 11.7 Å². The molecule has 1 aromatic rings. The third kappa shape index (κ3) is 4.40. The Morgan fingerprint density at radius 2 is 1.90 bits per heavy atom. The molecule has 0 bridgehead atoms. The first-order valence-electron chi connectivity index (χ1n) is 7.22. The number of carbonyl (C=O) groups excluding carboxylic acids is 1. The van der Waals surface area contributed by atoms with Gasteiger partial charge >= 0.3 is 0 Å². The molecule has 0 saturated carbocycles. The van der Waals surface area contributed by atoms with E-state index in [1.54, 1.807) is 13.1 Å². The molecule has 1 aromatic heterocycles. The Bertz CT molecular complexity index is 493. The number of hydrogen-bond acceptors (Lipinski definition) is 3. The van der Waals surface area contributed by atoms with Crippen LogP contribution in [0.25, 0.3) is 0 Å². The van der Waals surface area contributed by atoms with Crippen LogP contribution in [0.5, 0.6) is 0 Å². The van der Waals surface area contributed by atoms with Crippen LogP contribution in [-0.2, 0) is 24.3 Å². The summed E-state index contributed by atoms with van der Waals surface area (Å²) in [5.74, 6) is 0.648. The van der Waals surface area contributed by atoms with Crippen LogP contribution in [-0.4, -0.2) is 17.5 Å². The van der Waals surface area contributed by atoms with Gasteiger partial charge in [0, 0.05) is 32.3 Å². The van der Waals surface area contributed by atoms with Gasteiger partial charge in [-0.05, 0) is 13.3 Å². The molecule has 5 nitrogen and oxygen atoms in total. The second-order valence-corrected chi connectivity index (χ2v) is 4.08. The third-order valence-electron chi connectivity index (χ3n) is 2.93. The fourth-order valence-corrected chi connectivity index (χ4v) is 2.06. The molecule has 1 heterocycles. The number of amides is 1. The second-order valence-electron chi connectivity index (χ2n) is 4.08. The largest absolute Gasteiger partial charge is 0.374 e. The number of nitrogens with one attached hydrogen (secondary N) is 2. The quantitative estimate of drug-likeness (QED) is 0.869. The number of hydrogen-bond donors (Lipinski definition) is 2. The molecule has 0 radical (unpaired) electrons. The molecule has 0 aliphatic carbocycles. The lowest BCUT2D eigenvalue weighted by molar-refractivity contribution is -0.119. The SMILES string of the molecule is CC.CCc1cc(=O)c(CNC(C)=O)c(NC)n1CC. The fraction of sp³-hybridized carbons (Fsp3) is 0.600. The summed E-state index contributed by atoms with van der Waals surface area (Å²) in [5, 5.41) is 5.74. The number of anilines is 1. The van der Waals surface area contributed by atoms with Crippen molar-refractivity contribution in [2.75, 3.05) is 12.4 Å². The van der Waals surface area contributed by atoms with E-state index in [0.717, 1.165) is 24.5 Å². The van der Waals surface area contributed by atoms with Crippen LogP contribution in [0.3, 0.4) is 0 Å². The average Bonchev–Trinajstić information content (AvgIpc) is 2.46. The van der Waals surface area contributed by atoms with Crippen molar-refractivity contribution in [2.45, 2.75) is 54.1 Å². The average molecular weight is 281 g/mol. The standard InChI is InChI=1S/C13H21N3O2.C2H6/c1-5-10-7-12(18)11(8-15-9(3)17)13(14-4)16(10)6-2;1-2/h7,14H,5-6,8H2,1-4H3,(H,15,17);1-2H3. The van der Waals surface area contributed by atoms with Gasteiger partial charge < -0.3 is 15.2 Å². The highest BCUT2D eigenvalue weighted by molar-refractivity contribution is 5.73. The minimum atomic E-state index is -0.140. The Kier molecular flexibility index (Phi) is 8.36. The number of aryl methyl sites for hydroxylation is 1. The predicted molar refractivity (Wildman–Crippen MR) is 84.2 cm³/mol. The van der Waals surface area contributed by atoms with Gasteiger partial charge in [-0.3, -0.25) is 9.59 Å². The molecular weight excluding hydrogens is 254 g/mol. The summed E-state index contributed by atoms with van der Waals surface area (Å²) < 4.78 is 2.07. The van der Waals surface area contributed by atoms with Crippen molar-refractivity contribution in [2.24, 2.45) is 0 Å². The van der Waals surface area contributed by atoms with Crippen LogP contribution in [0.2, 0.25) is 0 Å². The normalized spacial score (nSPS) is 9.50. The van der Waals surface area contributed by atoms with Crippen LogP contribution in [0, 0.1) is 0 Å². The molecule has 0 spiro atoms. The van der Waals surface area contributed by atoms with Gasteiger partial charge in [-0.25, -0.2) is 0 Å². The zero-order valence-electron chi connectivity index (χ0n) is 13.5. The minimum absolute atomic E-state index is 0.0327. The number of rotatable bonds is 5. The zero-order chi connectivity index (χ0) is 15.7. The molecule has 0 unspecified atom stereocenters. The summed E-state index contributed by atoms with van der Waals surface area (Å²) in [6.45, 7) is 10.5. The Morgan fingerprint density at radius 1 is 1.30 bits per heavy atom. The van der Waals surface area contributed by atoms with E-state index < -0.39 is 0 Å². The van der Waals surface area contributed by atoms with E-state index in [1.165, 1.54) is 6.92 Å². The molecule has 114 valence electrons. The van der Waals surface area contributed by atoms with Gasteiger partial charge in [0.2, 0.25) is 5.91 Å². The maximum atomic E-state index is 12.1.